The largest absolute Gasteiger partial charge is 0.310 e. The van der Waals surface area contributed by atoms with Crippen LogP contribution < -0.4 is 5.32 Å². The summed E-state index contributed by atoms with van der Waals surface area (Å²) in [4.78, 5) is 3.98. The van der Waals surface area contributed by atoms with Gasteiger partial charge in [0, 0.05) is 12.2 Å². The van der Waals surface area contributed by atoms with Crippen molar-refractivity contribution in [2.24, 2.45) is 5.92 Å². The number of rotatable bonds is 6. The van der Waals surface area contributed by atoms with E-state index in [2.05, 4.69) is 30.4 Å². The van der Waals surface area contributed by atoms with Gasteiger partial charge in [-0.2, -0.15) is 11.8 Å². The molecule has 0 spiro atoms. The summed E-state index contributed by atoms with van der Waals surface area (Å²) in [7, 11) is 0. The molecule has 0 fully saturated rings. The Kier molecular flexibility index (Phi) is 6.17. The van der Waals surface area contributed by atoms with Crippen LogP contribution in [0.4, 0.5) is 0 Å². The third kappa shape index (κ3) is 4.73. The van der Waals surface area contributed by atoms with Crippen molar-refractivity contribution < 1.29 is 0 Å². The van der Waals surface area contributed by atoms with E-state index >= 15 is 0 Å². The van der Waals surface area contributed by atoms with Gasteiger partial charge < -0.3 is 5.32 Å². The molecule has 0 radical (unpaired) electrons. The minimum Gasteiger partial charge on any atom is -0.310 e. The van der Waals surface area contributed by atoms with Gasteiger partial charge in [-0.05, 0) is 49.1 Å². The van der Waals surface area contributed by atoms with E-state index in [1.807, 2.05) is 23.9 Å². The second-order valence-corrected chi connectivity index (χ2v) is 5.40. The first-order valence-electron chi connectivity index (χ1n) is 5.47. The Morgan fingerprint density at radius 2 is 2.25 bits per heavy atom. The summed E-state index contributed by atoms with van der Waals surface area (Å²) in [5.41, 5.74) is 1.19. The summed E-state index contributed by atoms with van der Waals surface area (Å²) in [6.07, 6.45) is 3.89. The zero-order chi connectivity index (χ0) is 12.0. The highest BCUT2D eigenvalue weighted by atomic mass is 35.5. The van der Waals surface area contributed by atoms with Crippen molar-refractivity contribution in [2.45, 2.75) is 19.9 Å². The standard InChI is InChI=1S/C12H19ClN2S/c1-9(8-16-3)7-15-10(2)11-4-5-14-12(13)6-11/h4-6,9-10,15H,7-8H2,1-3H3. The maximum Gasteiger partial charge on any atom is 0.129 e. The fraction of sp³-hybridized carbons (Fsp3) is 0.583. The van der Waals surface area contributed by atoms with E-state index < -0.39 is 0 Å². The summed E-state index contributed by atoms with van der Waals surface area (Å²) < 4.78 is 0. The molecular weight excluding hydrogens is 240 g/mol. The van der Waals surface area contributed by atoms with Crippen molar-refractivity contribution in [3.05, 3.63) is 29.0 Å². The predicted octanol–water partition coefficient (Wildman–Crippen LogP) is 3.38. The van der Waals surface area contributed by atoms with Gasteiger partial charge in [0.2, 0.25) is 0 Å². The number of nitrogens with zero attached hydrogens (tertiary/aromatic N) is 1. The number of pyridine rings is 1. The van der Waals surface area contributed by atoms with Gasteiger partial charge in [0.15, 0.2) is 0 Å². The normalized spacial score (nSPS) is 14.8. The first-order chi connectivity index (χ1) is 7.63. The van der Waals surface area contributed by atoms with Gasteiger partial charge in [-0.3, -0.25) is 0 Å². The van der Waals surface area contributed by atoms with Gasteiger partial charge in [-0.25, -0.2) is 4.98 Å². The molecule has 1 aromatic heterocycles. The molecule has 16 heavy (non-hydrogen) atoms. The molecule has 0 amide bonds. The number of aromatic nitrogens is 1. The fourth-order valence-corrected chi connectivity index (χ4v) is 2.40. The summed E-state index contributed by atoms with van der Waals surface area (Å²) in [5, 5.41) is 4.07. The van der Waals surface area contributed by atoms with E-state index in [9.17, 15) is 0 Å². The van der Waals surface area contributed by atoms with Crippen molar-refractivity contribution in [3.8, 4) is 0 Å². The molecule has 1 aromatic rings. The fourth-order valence-electron chi connectivity index (χ4n) is 1.53. The van der Waals surface area contributed by atoms with E-state index in [-0.39, 0.29) is 0 Å². The SMILES string of the molecule is CSCC(C)CNC(C)c1ccnc(Cl)c1. The molecule has 1 heterocycles. The molecule has 0 aliphatic rings. The molecule has 2 unspecified atom stereocenters. The van der Waals surface area contributed by atoms with Gasteiger partial charge in [0.25, 0.3) is 0 Å². The van der Waals surface area contributed by atoms with Gasteiger partial charge in [0.1, 0.15) is 5.15 Å². The van der Waals surface area contributed by atoms with Gasteiger partial charge >= 0.3 is 0 Å². The average molecular weight is 259 g/mol. The first-order valence-corrected chi connectivity index (χ1v) is 7.24. The number of thioether (sulfide) groups is 1. The second kappa shape index (κ2) is 7.15. The monoisotopic (exact) mass is 258 g/mol. The molecule has 2 nitrogen and oxygen atoms in total. The molecule has 0 aliphatic heterocycles. The highest BCUT2D eigenvalue weighted by molar-refractivity contribution is 7.98. The molecule has 2 atom stereocenters. The van der Waals surface area contributed by atoms with Gasteiger partial charge in [-0.15, -0.1) is 0 Å². The number of halogens is 1. The van der Waals surface area contributed by atoms with Crippen molar-refractivity contribution in [1.82, 2.24) is 10.3 Å². The Morgan fingerprint density at radius 3 is 2.88 bits per heavy atom. The Labute approximate surface area is 107 Å². The molecule has 0 saturated carbocycles. The molecular formula is C12H19ClN2S. The van der Waals surface area contributed by atoms with Crippen LogP contribution in [0.1, 0.15) is 25.5 Å². The van der Waals surface area contributed by atoms with Crippen LogP contribution in [0.15, 0.2) is 18.3 Å². The van der Waals surface area contributed by atoms with Crippen LogP contribution in [0.2, 0.25) is 5.15 Å². The van der Waals surface area contributed by atoms with Crippen LogP contribution in [0.3, 0.4) is 0 Å². The first kappa shape index (κ1) is 13.8. The lowest BCUT2D eigenvalue weighted by molar-refractivity contribution is 0.501. The second-order valence-electron chi connectivity index (χ2n) is 4.10. The topological polar surface area (TPSA) is 24.9 Å². The number of nitrogens with one attached hydrogen (secondary N) is 1. The van der Waals surface area contributed by atoms with Crippen molar-refractivity contribution >= 4 is 23.4 Å². The van der Waals surface area contributed by atoms with Crippen molar-refractivity contribution in [3.63, 3.8) is 0 Å². The van der Waals surface area contributed by atoms with Gasteiger partial charge in [0.05, 0.1) is 0 Å². The Morgan fingerprint density at radius 1 is 1.50 bits per heavy atom. The third-order valence-electron chi connectivity index (χ3n) is 2.47. The van der Waals surface area contributed by atoms with Gasteiger partial charge in [-0.1, -0.05) is 18.5 Å². The van der Waals surface area contributed by atoms with Crippen LogP contribution in [0, 0.1) is 5.92 Å². The lowest BCUT2D eigenvalue weighted by atomic mass is 10.1. The maximum atomic E-state index is 5.86. The van der Waals surface area contributed by atoms with Crippen LogP contribution >= 0.6 is 23.4 Å². The predicted molar refractivity (Wildman–Crippen MR) is 73.2 cm³/mol. The van der Waals surface area contributed by atoms with E-state index in [0.29, 0.717) is 17.1 Å². The zero-order valence-corrected chi connectivity index (χ0v) is 11.6. The molecule has 0 bridgehead atoms. The number of hydrogen-bond acceptors (Lipinski definition) is 3. The maximum absolute atomic E-state index is 5.86. The lowest BCUT2D eigenvalue weighted by Crippen LogP contribution is -2.25. The highest BCUT2D eigenvalue weighted by Gasteiger charge is 2.07. The minimum atomic E-state index is 0.324. The molecule has 0 saturated heterocycles. The Bertz CT molecular complexity index is 320. The van der Waals surface area contributed by atoms with Crippen LogP contribution in [-0.4, -0.2) is 23.5 Å². The molecule has 4 heteroatoms. The van der Waals surface area contributed by atoms with Crippen LogP contribution in [-0.2, 0) is 0 Å². The van der Waals surface area contributed by atoms with Crippen LogP contribution in [0.5, 0.6) is 0 Å². The van der Waals surface area contributed by atoms with Crippen molar-refractivity contribution in [1.29, 1.82) is 0 Å². The molecule has 1 rings (SSSR count). The zero-order valence-electron chi connectivity index (χ0n) is 10.0. The summed E-state index contributed by atoms with van der Waals surface area (Å²) >= 11 is 7.75. The summed E-state index contributed by atoms with van der Waals surface area (Å²) in [6, 6.07) is 4.24. The minimum absolute atomic E-state index is 0.324. The Balaban J connectivity index is 2.43. The van der Waals surface area contributed by atoms with E-state index in [1.165, 1.54) is 11.3 Å². The number of hydrogen-bond donors (Lipinski definition) is 1. The average Bonchev–Trinajstić information content (AvgIpc) is 2.26. The molecule has 1 N–H and O–H groups in total. The lowest BCUT2D eigenvalue weighted by Gasteiger charge is -2.17. The van der Waals surface area contributed by atoms with E-state index in [4.69, 9.17) is 11.6 Å². The molecule has 0 aromatic carbocycles. The van der Waals surface area contributed by atoms with E-state index in [1.54, 1.807) is 6.20 Å². The highest BCUT2D eigenvalue weighted by Crippen LogP contribution is 2.15. The molecule has 90 valence electrons. The van der Waals surface area contributed by atoms with E-state index in [0.717, 1.165) is 6.54 Å². The summed E-state index contributed by atoms with van der Waals surface area (Å²) in [6.45, 7) is 5.44. The van der Waals surface area contributed by atoms with Crippen molar-refractivity contribution in [2.75, 3.05) is 18.6 Å². The van der Waals surface area contributed by atoms with Crippen LogP contribution in [0.25, 0.3) is 0 Å². The summed E-state index contributed by atoms with van der Waals surface area (Å²) in [5.74, 6) is 1.88. The Hall–Kier alpha value is -0.250. The smallest absolute Gasteiger partial charge is 0.129 e. The quantitative estimate of drug-likeness (QED) is 0.792. The molecule has 0 aliphatic carbocycles. The third-order valence-corrected chi connectivity index (χ3v) is 3.58.